The highest BCUT2D eigenvalue weighted by molar-refractivity contribution is 14.1. The molecule has 120 valence electrons. The van der Waals surface area contributed by atoms with Crippen molar-refractivity contribution in [2.75, 3.05) is 0 Å². The van der Waals surface area contributed by atoms with E-state index in [4.69, 9.17) is 0 Å². The van der Waals surface area contributed by atoms with Crippen LogP contribution in [0.5, 0.6) is 0 Å². The molecular formula is C21H17IO2. The molecule has 0 amide bonds. The number of ketones is 2. The topological polar surface area (TPSA) is 34.1 Å². The molecule has 0 unspecified atom stereocenters. The van der Waals surface area contributed by atoms with Crippen molar-refractivity contribution in [1.29, 1.82) is 0 Å². The monoisotopic (exact) mass is 428 g/mol. The normalized spacial score (nSPS) is 22.0. The summed E-state index contributed by atoms with van der Waals surface area (Å²) in [5.41, 5.74) is 3.56. The highest BCUT2D eigenvalue weighted by Crippen LogP contribution is 2.50. The summed E-state index contributed by atoms with van der Waals surface area (Å²) in [6.07, 6.45) is 13.9. The first-order chi connectivity index (χ1) is 11.6. The van der Waals surface area contributed by atoms with E-state index in [-0.39, 0.29) is 11.6 Å². The molecule has 0 heterocycles. The van der Waals surface area contributed by atoms with Crippen molar-refractivity contribution in [2.45, 2.75) is 31.1 Å². The van der Waals surface area contributed by atoms with Gasteiger partial charge in [0.2, 0.25) is 0 Å². The molecule has 2 nitrogen and oxygen atoms in total. The summed E-state index contributed by atoms with van der Waals surface area (Å²) in [6.45, 7) is 0. The molecule has 0 fully saturated rings. The second kappa shape index (κ2) is 5.96. The average Bonchev–Trinajstić information content (AvgIpc) is 2.63. The fraction of sp³-hybridized carbons (Fsp3) is 0.238. The van der Waals surface area contributed by atoms with Crippen LogP contribution in [0.25, 0.3) is 0 Å². The van der Waals surface area contributed by atoms with Crippen molar-refractivity contribution in [3.63, 3.8) is 0 Å². The van der Waals surface area contributed by atoms with Crippen molar-refractivity contribution in [1.82, 2.24) is 0 Å². The maximum Gasteiger partial charge on any atom is 0.199 e. The number of hydrogen-bond donors (Lipinski definition) is 0. The third kappa shape index (κ3) is 2.29. The second-order valence-electron chi connectivity index (χ2n) is 6.48. The van der Waals surface area contributed by atoms with Gasteiger partial charge in [0.25, 0.3) is 0 Å². The first-order valence-corrected chi connectivity index (χ1v) is 9.38. The van der Waals surface area contributed by atoms with Gasteiger partial charge in [0.05, 0.1) is 8.99 Å². The quantitative estimate of drug-likeness (QED) is 0.590. The zero-order valence-electron chi connectivity index (χ0n) is 13.2. The predicted molar refractivity (Wildman–Crippen MR) is 103 cm³/mol. The lowest BCUT2D eigenvalue weighted by Gasteiger charge is -2.39. The van der Waals surface area contributed by atoms with Gasteiger partial charge in [0, 0.05) is 5.56 Å². The molecule has 1 aromatic rings. The largest absolute Gasteiger partial charge is 0.290 e. The van der Waals surface area contributed by atoms with Crippen molar-refractivity contribution < 1.29 is 9.59 Å². The number of carbonyl (C=O) groups is 2. The Bertz CT molecular complexity index is 852. The van der Waals surface area contributed by atoms with Crippen LogP contribution in [0.2, 0.25) is 0 Å². The minimum Gasteiger partial charge on any atom is -0.290 e. The van der Waals surface area contributed by atoms with E-state index in [1.54, 1.807) is 12.2 Å². The third-order valence-corrected chi connectivity index (χ3v) is 6.11. The van der Waals surface area contributed by atoms with Crippen molar-refractivity contribution in [2.24, 2.45) is 0 Å². The summed E-state index contributed by atoms with van der Waals surface area (Å²) in [5, 5.41) is 0. The van der Waals surface area contributed by atoms with E-state index in [0.29, 0.717) is 0 Å². The van der Waals surface area contributed by atoms with Crippen LogP contribution in [0.3, 0.4) is 0 Å². The molecule has 1 spiro atoms. The Balaban J connectivity index is 2.02. The van der Waals surface area contributed by atoms with E-state index in [9.17, 15) is 9.59 Å². The van der Waals surface area contributed by atoms with Gasteiger partial charge in [0.1, 0.15) is 0 Å². The molecule has 3 aliphatic rings. The number of carbonyl (C=O) groups excluding carboxylic acids is 2. The molecule has 0 saturated heterocycles. The summed E-state index contributed by atoms with van der Waals surface area (Å²) in [6, 6.07) is 7.78. The van der Waals surface area contributed by atoms with Gasteiger partial charge in [-0.25, -0.2) is 0 Å². The SMILES string of the molecule is O=C1C=CC2(C=C1)C(C1=CCCCC1)=C(I)C(=O)c1ccccc12. The summed E-state index contributed by atoms with van der Waals surface area (Å²) in [7, 11) is 0. The Labute approximate surface area is 155 Å². The summed E-state index contributed by atoms with van der Waals surface area (Å²) in [5.74, 6) is 0.0963. The fourth-order valence-corrected chi connectivity index (χ4v) is 5.03. The molecule has 0 radical (unpaired) electrons. The van der Waals surface area contributed by atoms with Crippen LogP contribution in [-0.2, 0) is 10.2 Å². The molecule has 0 aromatic heterocycles. The Morgan fingerprint density at radius 3 is 2.46 bits per heavy atom. The van der Waals surface area contributed by atoms with Crippen molar-refractivity contribution in [3.8, 4) is 0 Å². The van der Waals surface area contributed by atoms with Gasteiger partial charge in [-0.2, -0.15) is 0 Å². The van der Waals surface area contributed by atoms with Crippen LogP contribution in [0.1, 0.15) is 41.6 Å². The standard InChI is InChI=1S/C21H17IO2/c22-19-18(14-6-2-1-3-7-14)21(12-10-15(23)11-13-21)17-9-5-4-8-16(17)20(19)24/h4-6,8-13H,1-3,7H2. The maximum atomic E-state index is 13.0. The number of allylic oxidation sites excluding steroid dienone is 8. The number of Topliss-reactive ketones (excluding diaryl/α,β-unsaturated/α-hetero) is 1. The van der Waals surface area contributed by atoms with Crippen LogP contribution < -0.4 is 0 Å². The molecule has 0 N–H and O–H groups in total. The zero-order valence-corrected chi connectivity index (χ0v) is 15.4. The zero-order chi connectivity index (χ0) is 16.7. The number of fused-ring (bicyclic) bond motifs is 2. The van der Waals surface area contributed by atoms with Gasteiger partial charge in [-0.3, -0.25) is 9.59 Å². The molecular weight excluding hydrogens is 411 g/mol. The van der Waals surface area contributed by atoms with Crippen LogP contribution in [0.15, 0.2) is 69.4 Å². The Morgan fingerprint density at radius 1 is 1.00 bits per heavy atom. The average molecular weight is 428 g/mol. The van der Waals surface area contributed by atoms with Crippen LogP contribution in [-0.4, -0.2) is 11.6 Å². The Hall–Kier alpha value is -1.75. The van der Waals surface area contributed by atoms with Gasteiger partial charge in [-0.05, 0) is 77.1 Å². The predicted octanol–water partition coefficient (Wildman–Crippen LogP) is 5.01. The van der Waals surface area contributed by atoms with Crippen LogP contribution in [0, 0.1) is 0 Å². The van der Waals surface area contributed by atoms with Gasteiger partial charge in [-0.1, -0.05) is 42.5 Å². The first-order valence-electron chi connectivity index (χ1n) is 8.30. The highest BCUT2D eigenvalue weighted by Gasteiger charge is 2.43. The van der Waals surface area contributed by atoms with Gasteiger partial charge >= 0.3 is 0 Å². The minimum absolute atomic E-state index is 0.00184. The summed E-state index contributed by atoms with van der Waals surface area (Å²) in [4.78, 5) is 24.7. The van der Waals surface area contributed by atoms with Crippen molar-refractivity contribution in [3.05, 3.63) is 80.5 Å². The van der Waals surface area contributed by atoms with Crippen LogP contribution >= 0.6 is 22.6 Å². The van der Waals surface area contributed by atoms with Crippen molar-refractivity contribution >= 4 is 34.2 Å². The van der Waals surface area contributed by atoms with E-state index >= 15 is 0 Å². The lowest BCUT2D eigenvalue weighted by Crippen LogP contribution is -2.35. The number of rotatable bonds is 1. The number of halogens is 1. The summed E-state index contributed by atoms with van der Waals surface area (Å²) >= 11 is 2.20. The molecule has 3 aliphatic carbocycles. The second-order valence-corrected chi connectivity index (χ2v) is 7.56. The van der Waals surface area contributed by atoms with Gasteiger partial charge in [0.15, 0.2) is 11.6 Å². The maximum absolute atomic E-state index is 13.0. The lowest BCUT2D eigenvalue weighted by molar-refractivity contribution is -0.110. The Kier molecular flexibility index (Phi) is 3.91. The number of hydrogen-bond acceptors (Lipinski definition) is 2. The first kappa shape index (κ1) is 15.8. The Morgan fingerprint density at radius 2 is 1.75 bits per heavy atom. The summed E-state index contributed by atoms with van der Waals surface area (Å²) < 4.78 is 0.781. The molecule has 0 aliphatic heterocycles. The lowest BCUT2D eigenvalue weighted by atomic mass is 9.63. The molecule has 3 heteroatoms. The third-order valence-electron chi connectivity index (χ3n) is 5.08. The smallest absolute Gasteiger partial charge is 0.199 e. The molecule has 24 heavy (non-hydrogen) atoms. The van der Waals surface area contributed by atoms with Gasteiger partial charge < -0.3 is 0 Å². The van der Waals surface area contributed by atoms with Gasteiger partial charge in [-0.15, -0.1) is 0 Å². The van der Waals surface area contributed by atoms with E-state index in [2.05, 4.69) is 28.7 Å². The molecule has 1 aromatic carbocycles. The number of benzene rings is 1. The fourth-order valence-electron chi connectivity index (χ4n) is 3.95. The van der Waals surface area contributed by atoms with E-state index in [1.807, 2.05) is 36.4 Å². The van der Waals surface area contributed by atoms with E-state index < -0.39 is 5.41 Å². The molecule has 0 atom stereocenters. The minimum atomic E-state index is -0.502. The van der Waals surface area contributed by atoms with Crippen LogP contribution in [0.4, 0.5) is 0 Å². The highest BCUT2D eigenvalue weighted by atomic mass is 127. The van der Waals surface area contributed by atoms with E-state index in [0.717, 1.165) is 39.5 Å². The molecule has 4 rings (SSSR count). The molecule has 0 saturated carbocycles. The van der Waals surface area contributed by atoms with E-state index in [1.165, 1.54) is 12.0 Å². The molecule has 0 bridgehead atoms.